The Labute approximate surface area is 121 Å². The van der Waals surface area contributed by atoms with Crippen LogP contribution in [0.4, 0.5) is 0 Å². The van der Waals surface area contributed by atoms with Crippen LogP contribution in [0.15, 0.2) is 64.8 Å². The van der Waals surface area contributed by atoms with Gasteiger partial charge in [0, 0.05) is 0 Å². The van der Waals surface area contributed by atoms with Crippen LogP contribution in [0, 0.1) is 0 Å². The Morgan fingerprint density at radius 3 is 2.52 bits per heavy atom. The molecule has 0 aliphatic rings. The lowest BCUT2D eigenvalue weighted by Crippen LogP contribution is -2.21. The molecule has 0 aliphatic carbocycles. The van der Waals surface area contributed by atoms with Crippen molar-refractivity contribution in [2.75, 3.05) is 0 Å². The molecule has 2 aromatic rings. The van der Waals surface area contributed by atoms with Crippen LogP contribution >= 0.6 is 0 Å². The Hall–Kier alpha value is -3.15. The van der Waals surface area contributed by atoms with Crippen molar-refractivity contribution in [1.29, 1.82) is 0 Å². The summed E-state index contributed by atoms with van der Waals surface area (Å²) in [5.41, 5.74) is 11.5. The summed E-state index contributed by atoms with van der Waals surface area (Å²) < 4.78 is 5.28. The van der Waals surface area contributed by atoms with E-state index in [2.05, 4.69) is 10.2 Å². The van der Waals surface area contributed by atoms with E-state index in [4.69, 9.17) is 16.2 Å². The Balaban J connectivity index is 2.09. The minimum absolute atomic E-state index is 0.127. The van der Waals surface area contributed by atoms with Gasteiger partial charge in [-0.1, -0.05) is 30.3 Å². The lowest BCUT2D eigenvalue weighted by atomic mass is 10.2. The summed E-state index contributed by atoms with van der Waals surface area (Å²) >= 11 is 0. The van der Waals surface area contributed by atoms with Crippen LogP contribution < -0.4 is 16.2 Å². The molecule has 6 nitrogen and oxygen atoms in total. The third kappa shape index (κ3) is 4.46. The van der Waals surface area contributed by atoms with Crippen molar-refractivity contribution in [2.24, 2.45) is 21.7 Å². The van der Waals surface area contributed by atoms with E-state index < -0.39 is 5.97 Å². The van der Waals surface area contributed by atoms with Gasteiger partial charge in [0.25, 0.3) is 0 Å². The average Bonchev–Trinajstić information content (AvgIpc) is 2.48. The SMILES string of the molecule is NC(N)=NN=Cc1cccc(OC(=O)c2ccccc2)c1. The molecule has 0 aromatic heterocycles. The highest BCUT2D eigenvalue weighted by Gasteiger charge is 2.07. The number of guanidine groups is 1. The van der Waals surface area contributed by atoms with Crippen LogP contribution in [-0.4, -0.2) is 18.1 Å². The normalized spacial score (nSPS) is 10.3. The molecular weight excluding hydrogens is 268 g/mol. The quantitative estimate of drug-likeness (QED) is 0.291. The third-order valence-electron chi connectivity index (χ3n) is 2.46. The van der Waals surface area contributed by atoms with Crippen molar-refractivity contribution in [3.63, 3.8) is 0 Å². The number of nitrogens with zero attached hydrogens (tertiary/aromatic N) is 2. The molecule has 0 radical (unpaired) electrons. The minimum Gasteiger partial charge on any atom is -0.423 e. The number of rotatable bonds is 4. The Bertz CT molecular complexity index is 677. The molecule has 21 heavy (non-hydrogen) atoms. The maximum Gasteiger partial charge on any atom is 0.343 e. The van der Waals surface area contributed by atoms with Crippen LogP contribution in [-0.2, 0) is 0 Å². The number of esters is 1. The molecule has 6 heteroatoms. The van der Waals surface area contributed by atoms with Gasteiger partial charge >= 0.3 is 5.97 Å². The first-order chi connectivity index (χ1) is 10.1. The van der Waals surface area contributed by atoms with E-state index in [9.17, 15) is 4.79 Å². The number of benzene rings is 2. The number of hydrogen-bond donors (Lipinski definition) is 2. The fourth-order valence-electron chi connectivity index (χ4n) is 1.56. The lowest BCUT2D eigenvalue weighted by Gasteiger charge is -2.04. The predicted octanol–water partition coefficient (Wildman–Crippen LogP) is 1.51. The number of nitrogens with two attached hydrogens (primary N) is 2. The fourth-order valence-corrected chi connectivity index (χ4v) is 1.56. The second-order valence-corrected chi connectivity index (χ2v) is 4.10. The van der Waals surface area contributed by atoms with Gasteiger partial charge in [-0.15, -0.1) is 5.10 Å². The number of carbonyl (C=O) groups excluding carboxylic acids is 1. The van der Waals surface area contributed by atoms with E-state index in [0.717, 1.165) is 0 Å². The Morgan fingerprint density at radius 1 is 1.05 bits per heavy atom. The second-order valence-electron chi connectivity index (χ2n) is 4.10. The van der Waals surface area contributed by atoms with Crippen LogP contribution in [0.5, 0.6) is 5.75 Å². The van der Waals surface area contributed by atoms with E-state index in [1.165, 1.54) is 6.21 Å². The van der Waals surface area contributed by atoms with Gasteiger partial charge in [0.2, 0.25) is 5.96 Å². The van der Waals surface area contributed by atoms with Crippen molar-refractivity contribution in [3.05, 3.63) is 65.7 Å². The van der Waals surface area contributed by atoms with Crippen LogP contribution in [0.2, 0.25) is 0 Å². The monoisotopic (exact) mass is 282 g/mol. The summed E-state index contributed by atoms with van der Waals surface area (Å²) in [5, 5.41) is 7.18. The molecule has 0 atom stereocenters. The van der Waals surface area contributed by atoms with Gasteiger partial charge in [0.1, 0.15) is 5.75 Å². The van der Waals surface area contributed by atoms with Crippen molar-refractivity contribution >= 4 is 18.1 Å². The molecule has 2 rings (SSSR count). The molecule has 0 fully saturated rings. The van der Waals surface area contributed by atoms with Crippen molar-refractivity contribution < 1.29 is 9.53 Å². The number of ether oxygens (including phenoxy) is 1. The molecule has 0 aliphatic heterocycles. The summed E-state index contributed by atoms with van der Waals surface area (Å²) in [4.78, 5) is 11.9. The summed E-state index contributed by atoms with van der Waals surface area (Å²) in [7, 11) is 0. The third-order valence-corrected chi connectivity index (χ3v) is 2.46. The van der Waals surface area contributed by atoms with Crippen LogP contribution in [0.1, 0.15) is 15.9 Å². The Kier molecular flexibility index (Phi) is 4.66. The number of hydrogen-bond acceptors (Lipinski definition) is 4. The molecule has 0 bridgehead atoms. The molecule has 0 unspecified atom stereocenters. The van der Waals surface area contributed by atoms with Gasteiger partial charge < -0.3 is 16.2 Å². The topological polar surface area (TPSA) is 103 Å². The number of carbonyl (C=O) groups is 1. The largest absolute Gasteiger partial charge is 0.423 e. The smallest absolute Gasteiger partial charge is 0.343 e. The van der Waals surface area contributed by atoms with Gasteiger partial charge in [-0.25, -0.2) is 4.79 Å². The van der Waals surface area contributed by atoms with Crippen molar-refractivity contribution in [3.8, 4) is 5.75 Å². The standard InChI is InChI=1S/C15H14N4O2/c16-15(17)19-18-10-11-5-4-8-13(9-11)21-14(20)12-6-2-1-3-7-12/h1-10H,(H4,16,17,19). The molecule has 0 amide bonds. The molecule has 2 aromatic carbocycles. The van der Waals surface area contributed by atoms with E-state index in [1.54, 1.807) is 48.5 Å². The van der Waals surface area contributed by atoms with Crippen LogP contribution in [0.3, 0.4) is 0 Å². The maximum absolute atomic E-state index is 11.9. The molecule has 0 saturated carbocycles. The van der Waals surface area contributed by atoms with Crippen LogP contribution in [0.25, 0.3) is 0 Å². The first-order valence-electron chi connectivity index (χ1n) is 6.14. The summed E-state index contributed by atoms with van der Waals surface area (Å²) in [5.74, 6) is -0.135. The highest BCUT2D eigenvalue weighted by atomic mass is 16.5. The summed E-state index contributed by atoms with van der Waals surface area (Å²) in [6.45, 7) is 0. The zero-order valence-corrected chi connectivity index (χ0v) is 11.1. The minimum atomic E-state index is -0.422. The first-order valence-corrected chi connectivity index (χ1v) is 6.14. The Morgan fingerprint density at radius 2 is 1.81 bits per heavy atom. The highest BCUT2D eigenvalue weighted by molar-refractivity contribution is 5.91. The van der Waals surface area contributed by atoms with E-state index in [-0.39, 0.29) is 5.96 Å². The lowest BCUT2D eigenvalue weighted by molar-refractivity contribution is 0.0735. The van der Waals surface area contributed by atoms with Gasteiger partial charge in [0.05, 0.1) is 11.8 Å². The van der Waals surface area contributed by atoms with Gasteiger partial charge in [-0.3, -0.25) is 0 Å². The zero-order valence-electron chi connectivity index (χ0n) is 11.1. The van der Waals surface area contributed by atoms with Crippen molar-refractivity contribution in [2.45, 2.75) is 0 Å². The predicted molar refractivity (Wildman–Crippen MR) is 81.2 cm³/mol. The molecule has 0 saturated heterocycles. The molecule has 0 spiro atoms. The summed E-state index contributed by atoms with van der Waals surface area (Å²) in [6.07, 6.45) is 1.46. The molecule has 4 N–H and O–H groups in total. The van der Waals surface area contributed by atoms with E-state index in [1.807, 2.05) is 6.07 Å². The molecule has 0 heterocycles. The second kappa shape index (κ2) is 6.85. The molecular formula is C15H14N4O2. The van der Waals surface area contributed by atoms with Crippen molar-refractivity contribution in [1.82, 2.24) is 0 Å². The first kappa shape index (κ1) is 14.3. The molecule has 106 valence electrons. The van der Waals surface area contributed by atoms with Gasteiger partial charge in [-0.2, -0.15) is 5.10 Å². The average molecular weight is 282 g/mol. The maximum atomic E-state index is 11.9. The summed E-state index contributed by atoms with van der Waals surface area (Å²) in [6, 6.07) is 15.6. The zero-order chi connectivity index (χ0) is 15.1. The van der Waals surface area contributed by atoms with E-state index >= 15 is 0 Å². The van der Waals surface area contributed by atoms with Gasteiger partial charge in [-0.05, 0) is 29.8 Å². The van der Waals surface area contributed by atoms with E-state index in [0.29, 0.717) is 16.9 Å². The highest BCUT2D eigenvalue weighted by Crippen LogP contribution is 2.14. The fraction of sp³-hybridized carbons (Fsp3) is 0. The van der Waals surface area contributed by atoms with Gasteiger partial charge in [0.15, 0.2) is 0 Å².